The number of hydrogen-bond acceptors (Lipinski definition) is 1. The number of ketones is 1. The van der Waals surface area contributed by atoms with Gasteiger partial charge < -0.3 is 4.85 Å². The second-order valence-corrected chi connectivity index (χ2v) is 38.8. The van der Waals surface area contributed by atoms with Crippen molar-refractivity contribution in [3.63, 3.8) is 0 Å². The van der Waals surface area contributed by atoms with Crippen LogP contribution in [-0.4, -0.2) is 5.78 Å². The quantitative estimate of drug-likeness (QED) is 0.192. The van der Waals surface area contributed by atoms with E-state index in [1.54, 1.807) is 6.07 Å². The van der Waals surface area contributed by atoms with Gasteiger partial charge in [0.25, 0.3) is 0 Å². The number of halogens is 3. The number of benzene rings is 1. The average Bonchev–Trinajstić information content (AvgIpc) is 2.30. The molecule has 0 atom stereocenters. The molecule has 0 amide bonds. The predicted octanol–water partition coefficient (Wildman–Crippen LogP) is 7.02. The Morgan fingerprint density at radius 3 is 2.00 bits per heavy atom. The zero-order chi connectivity index (χ0) is 15.3. The average molecular weight is 651 g/mol. The van der Waals surface area contributed by atoms with Gasteiger partial charge in [0, 0.05) is 11.1 Å². The van der Waals surface area contributed by atoms with Gasteiger partial charge in [-0.15, -0.1) is 0 Å². The fourth-order valence-corrected chi connectivity index (χ4v) is 1.09. The van der Waals surface area contributed by atoms with E-state index in [0.29, 0.717) is 5.56 Å². The Bertz CT molecular complexity index is 403. The molecule has 0 N–H and O–H groups in total. The van der Waals surface area contributed by atoms with Gasteiger partial charge >= 0.3 is 64.9 Å². The fourth-order valence-electron chi connectivity index (χ4n) is 1.09. The van der Waals surface area contributed by atoms with Gasteiger partial charge in [-0.3, -0.25) is 4.79 Å². The molecule has 20 heavy (non-hydrogen) atoms. The van der Waals surface area contributed by atoms with Gasteiger partial charge in [0.1, 0.15) is 0 Å². The summed E-state index contributed by atoms with van der Waals surface area (Å²) < 4.78 is 0. The van der Waals surface area contributed by atoms with E-state index in [9.17, 15) is 4.79 Å². The van der Waals surface area contributed by atoms with E-state index < -0.39 is 0 Å². The summed E-state index contributed by atoms with van der Waals surface area (Å²) in [4.78, 5) is 14.0. The third kappa shape index (κ3) is 17.2. The molecule has 0 bridgehead atoms. The van der Waals surface area contributed by atoms with Crippen LogP contribution in [0.3, 0.4) is 0 Å². The maximum absolute atomic E-state index is 11.0. The Balaban J connectivity index is -0.000000307. The molecule has 0 saturated carbocycles. The van der Waals surface area contributed by atoms with E-state index in [-0.39, 0.29) is 24.7 Å². The van der Waals surface area contributed by atoms with Gasteiger partial charge in [0.05, 0.1) is 0 Å². The van der Waals surface area contributed by atoms with Crippen LogP contribution in [0.5, 0.6) is 0 Å². The molecule has 0 spiro atoms. The SMILES string of the molecule is C.CCC.[C-]#[N+]Cc1ccccc1C(C)=O.[I][V]([I])[I]. The maximum atomic E-state index is 11.0. The van der Waals surface area contributed by atoms with Crippen molar-refractivity contribution in [3.05, 3.63) is 46.8 Å². The van der Waals surface area contributed by atoms with Crippen LogP contribution in [0.25, 0.3) is 4.85 Å². The Labute approximate surface area is 161 Å². The summed E-state index contributed by atoms with van der Waals surface area (Å²) in [5, 5.41) is 0. The van der Waals surface area contributed by atoms with Crippen molar-refractivity contribution in [3.8, 4) is 0 Å². The molecule has 6 heteroatoms. The second-order valence-electron chi connectivity index (χ2n) is 3.43. The molecule has 0 unspecified atom stereocenters. The van der Waals surface area contributed by atoms with Gasteiger partial charge in [-0.05, 0) is 6.92 Å². The first kappa shape index (κ1) is 26.1. The summed E-state index contributed by atoms with van der Waals surface area (Å²) in [5.74, 6) is 0.0225. The zero-order valence-electron chi connectivity index (χ0n) is 11.2. The number of carbonyl (C=O) groups excluding carboxylic acids is 1. The number of hydrogen-bond donors (Lipinski definition) is 0. The second kappa shape index (κ2) is 18.2. The summed E-state index contributed by atoms with van der Waals surface area (Å²) >= 11 is 7.39. The molecular weight excluding hydrogens is 630 g/mol. The molecule has 2 nitrogen and oxygen atoms in total. The molecule has 0 aliphatic carbocycles. The normalized spacial score (nSPS) is 8.10. The molecular formula is C14H21I3NOV. The number of carbonyl (C=O) groups is 1. The van der Waals surface area contributed by atoms with Crippen molar-refractivity contribution < 1.29 is 9.72 Å². The van der Waals surface area contributed by atoms with Gasteiger partial charge in [-0.25, -0.2) is 6.57 Å². The summed E-state index contributed by atoms with van der Waals surface area (Å²) in [6, 6.07) is 7.22. The topological polar surface area (TPSA) is 21.4 Å². The van der Waals surface area contributed by atoms with Crippen molar-refractivity contribution in [2.75, 3.05) is 0 Å². The van der Waals surface area contributed by atoms with Crippen molar-refractivity contribution in [2.45, 2.75) is 41.2 Å². The van der Waals surface area contributed by atoms with Crippen LogP contribution in [0, 0.1) is 6.57 Å². The van der Waals surface area contributed by atoms with E-state index in [1.807, 2.05) is 18.2 Å². The summed E-state index contributed by atoms with van der Waals surface area (Å²) in [6.45, 7) is 12.7. The molecule has 1 rings (SSSR count). The van der Waals surface area contributed by atoms with E-state index in [4.69, 9.17) is 6.57 Å². The Hall–Kier alpha value is 1.15. The van der Waals surface area contributed by atoms with E-state index in [0.717, 1.165) is 5.56 Å². The standard InChI is InChI=1S/C10H9NO.C3H8.CH4.3HI.V/c1-8(12)10-6-4-3-5-9(10)7-11-2;1-3-2;;;;;/h3-6H,7H2,1H3;3H2,1-2H3;1H4;3*1H;/q;;;;;;+3/p-3. The Morgan fingerprint density at radius 2 is 1.65 bits per heavy atom. The van der Waals surface area contributed by atoms with E-state index in [2.05, 4.69) is 78.6 Å². The summed E-state index contributed by atoms with van der Waals surface area (Å²) in [5.41, 5.74) is 1.48. The Morgan fingerprint density at radius 1 is 1.25 bits per heavy atom. The van der Waals surface area contributed by atoms with E-state index >= 15 is 0 Å². The molecule has 0 aliphatic rings. The van der Waals surface area contributed by atoms with Gasteiger partial charge in [-0.1, -0.05) is 52.0 Å². The van der Waals surface area contributed by atoms with Crippen LogP contribution in [-0.2, 0) is 11.5 Å². The first-order valence-corrected chi connectivity index (χ1v) is 19.1. The van der Waals surface area contributed by atoms with Crippen LogP contribution in [0.2, 0.25) is 0 Å². The molecule has 0 heterocycles. The molecule has 0 saturated heterocycles. The molecule has 1 aromatic rings. The minimum absolute atomic E-state index is 0. The van der Waals surface area contributed by atoms with Crippen LogP contribution in [0.4, 0.5) is 0 Å². The van der Waals surface area contributed by atoms with Crippen molar-refractivity contribution in [1.29, 1.82) is 0 Å². The van der Waals surface area contributed by atoms with Crippen molar-refractivity contribution >= 4 is 65.7 Å². The summed E-state index contributed by atoms with van der Waals surface area (Å²) in [7, 11) is 0. The summed E-state index contributed by atoms with van der Waals surface area (Å²) in [6.07, 6.45) is 1.25. The third-order valence-corrected chi connectivity index (χ3v) is 1.65. The molecule has 1 aromatic carbocycles. The van der Waals surface area contributed by atoms with Crippen LogP contribution >= 0.6 is 59.9 Å². The van der Waals surface area contributed by atoms with Crippen LogP contribution in [0.15, 0.2) is 24.3 Å². The minimum atomic E-state index is -0.278. The van der Waals surface area contributed by atoms with Crippen LogP contribution < -0.4 is 0 Å². The van der Waals surface area contributed by atoms with Crippen LogP contribution in [0.1, 0.15) is 50.5 Å². The zero-order valence-corrected chi connectivity index (χ0v) is 19.0. The fraction of sp³-hybridized carbons (Fsp3) is 0.429. The predicted molar refractivity (Wildman–Crippen MR) is 112 cm³/mol. The number of nitrogens with zero attached hydrogens (tertiary/aromatic N) is 1. The van der Waals surface area contributed by atoms with Gasteiger partial charge in [0.15, 0.2) is 5.78 Å². The third-order valence-electron chi connectivity index (χ3n) is 1.65. The Kier molecular flexibility index (Phi) is 23.7. The first-order chi connectivity index (χ1) is 8.90. The molecule has 0 aromatic heterocycles. The number of Topliss-reactive ketones (excluding diaryl/α,β-unsaturated/α-hetero) is 1. The van der Waals surface area contributed by atoms with Gasteiger partial charge in [0.2, 0.25) is 6.54 Å². The molecule has 0 aliphatic heterocycles. The number of rotatable bonds is 2. The molecule has 114 valence electrons. The van der Waals surface area contributed by atoms with Crippen molar-refractivity contribution in [1.82, 2.24) is 0 Å². The monoisotopic (exact) mass is 651 g/mol. The van der Waals surface area contributed by atoms with Gasteiger partial charge in [-0.2, -0.15) is 0 Å². The van der Waals surface area contributed by atoms with E-state index in [1.165, 1.54) is 13.3 Å². The first-order valence-electron chi connectivity index (χ1n) is 5.60. The van der Waals surface area contributed by atoms with Crippen molar-refractivity contribution in [2.24, 2.45) is 0 Å². The molecule has 0 radical (unpaired) electrons. The molecule has 0 fully saturated rings.